The van der Waals surface area contributed by atoms with E-state index >= 15 is 0 Å². The molecule has 1 unspecified atom stereocenters. The Bertz CT molecular complexity index is 958. The lowest BCUT2D eigenvalue weighted by molar-refractivity contribution is -0.120. The summed E-state index contributed by atoms with van der Waals surface area (Å²) >= 11 is 0. The molecule has 7 heteroatoms. The molecule has 26 heavy (non-hydrogen) atoms. The van der Waals surface area contributed by atoms with Gasteiger partial charge in [-0.2, -0.15) is 5.26 Å². The highest BCUT2D eigenvalue weighted by Crippen LogP contribution is 2.36. The van der Waals surface area contributed by atoms with E-state index in [1.54, 1.807) is 0 Å². The smallest absolute Gasteiger partial charge is 0.251 e. The molecule has 1 aliphatic carbocycles. The predicted molar refractivity (Wildman–Crippen MR) is 85.6 cm³/mol. The molecule has 0 bridgehead atoms. The molecule has 0 aliphatic heterocycles. The average molecular weight is 358 g/mol. The monoisotopic (exact) mass is 358 g/mol. The van der Waals surface area contributed by atoms with Gasteiger partial charge in [0.2, 0.25) is 0 Å². The molecule has 1 N–H and O–H groups in total. The van der Waals surface area contributed by atoms with Crippen LogP contribution in [0.2, 0.25) is 0 Å². The molecule has 0 saturated heterocycles. The highest BCUT2D eigenvalue weighted by Gasteiger charge is 2.42. The number of Topliss-reactive ketones (excluding diaryl/α,β-unsaturated/α-hetero) is 1. The van der Waals surface area contributed by atoms with Crippen LogP contribution in [0, 0.1) is 28.8 Å². The number of benzene rings is 2. The maximum atomic E-state index is 13.6. The summed E-state index contributed by atoms with van der Waals surface area (Å²) in [6, 6.07) is 7.54. The first-order valence-electron chi connectivity index (χ1n) is 7.76. The number of nitrogens with zero attached hydrogens (tertiary/aromatic N) is 1. The van der Waals surface area contributed by atoms with Gasteiger partial charge in [-0.3, -0.25) is 9.59 Å². The molecule has 2 aromatic rings. The van der Waals surface area contributed by atoms with E-state index in [2.05, 4.69) is 5.32 Å². The fourth-order valence-corrected chi connectivity index (χ4v) is 3.00. The zero-order valence-electron chi connectivity index (χ0n) is 13.7. The van der Waals surface area contributed by atoms with Gasteiger partial charge < -0.3 is 5.32 Å². The topological polar surface area (TPSA) is 70.0 Å². The normalized spacial score (nSPS) is 18.3. The summed E-state index contributed by atoms with van der Waals surface area (Å²) in [7, 11) is 0. The fraction of sp³-hybridized carbons (Fsp3) is 0.211. The molecular formula is C19H13F3N2O2. The molecule has 0 aromatic heterocycles. The lowest BCUT2D eigenvalue weighted by Crippen LogP contribution is -2.26. The summed E-state index contributed by atoms with van der Waals surface area (Å²) in [6.07, 6.45) is 0.0434. The van der Waals surface area contributed by atoms with Crippen molar-refractivity contribution < 1.29 is 22.8 Å². The van der Waals surface area contributed by atoms with Crippen LogP contribution in [0.3, 0.4) is 0 Å². The minimum absolute atomic E-state index is 0.0434. The van der Waals surface area contributed by atoms with Gasteiger partial charge >= 0.3 is 0 Å². The van der Waals surface area contributed by atoms with E-state index in [4.69, 9.17) is 0 Å². The number of amides is 1. The van der Waals surface area contributed by atoms with Crippen molar-refractivity contribution in [3.63, 3.8) is 0 Å². The van der Waals surface area contributed by atoms with Crippen LogP contribution in [0.5, 0.6) is 0 Å². The summed E-state index contributed by atoms with van der Waals surface area (Å²) in [4.78, 5) is 24.3. The fourth-order valence-electron chi connectivity index (χ4n) is 3.00. The first-order chi connectivity index (χ1) is 12.3. The van der Waals surface area contributed by atoms with E-state index in [1.165, 1.54) is 25.1 Å². The third-order valence-corrected chi connectivity index (χ3v) is 4.57. The van der Waals surface area contributed by atoms with Gasteiger partial charge in [0.1, 0.15) is 22.9 Å². The second-order valence-corrected chi connectivity index (χ2v) is 6.24. The van der Waals surface area contributed by atoms with Gasteiger partial charge in [0, 0.05) is 36.2 Å². The Morgan fingerprint density at radius 1 is 1.23 bits per heavy atom. The van der Waals surface area contributed by atoms with Crippen LogP contribution >= 0.6 is 0 Å². The molecule has 2 aromatic carbocycles. The second kappa shape index (κ2) is 6.30. The Kier molecular flexibility index (Phi) is 4.28. The molecule has 0 saturated carbocycles. The summed E-state index contributed by atoms with van der Waals surface area (Å²) < 4.78 is 40.1. The van der Waals surface area contributed by atoms with E-state index in [-0.39, 0.29) is 17.8 Å². The number of halogens is 3. The number of carbonyl (C=O) groups excluding carboxylic acids is 2. The van der Waals surface area contributed by atoms with Crippen LogP contribution < -0.4 is 5.32 Å². The van der Waals surface area contributed by atoms with Crippen molar-refractivity contribution in [2.75, 3.05) is 0 Å². The zero-order valence-corrected chi connectivity index (χ0v) is 13.7. The van der Waals surface area contributed by atoms with Gasteiger partial charge in [-0.05, 0) is 30.2 Å². The van der Waals surface area contributed by atoms with E-state index in [1.807, 2.05) is 6.07 Å². The van der Waals surface area contributed by atoms with Gasteiger partial charge in [0.15, 0.2) is 5.78 Å². The third kappa shape index (κ3) is 2.84. The minimum Gasteiger partial charge on any atom is -0.348 e. The van der Waals surface area contributed by atoms with Crippen LogP contribution in [-0.2, 0) is 23.2 Å². The number of hydrogen-bond acceptors (Lipinski definition) is 3. The summed E-state index contributed by atoms with van der Waals surface area (Å²) in [5, 5.41) is 11.6. The van der Waals surface area contributed by atoms with Crippen molar-refractivity contribution in [3.05, 3.63) is 70.0 Å². The Balaban J connectivity index is 1.80. The number of carbonyl (C=O) groups is 2. The zero-order chi connectivity index (χ0) is 19.1. The molecular weight excluding hydrogens is 345 g/mol. The van der Waals surface area contributed by atoms with Gasteiger partial charge in [-0.1, -0.05) is 6.07 Å². The third-order valence-electron chi connectivity index (χ3n) is 4.57. The van der Waals surface area contributed by atoms with Crippen LogP contribution in [-0.4, -0.2) is 11.7 Å². The first kappa shape index (κ1) is 17.7. The Hall–Kier alpha value is -3.14. The molecule has 0 spiro atoms. The highest BCUT2D eigenvalue weighted by molar-refractivity contribution is 6.01. The number of nitriles is 1. The van der Waals surface area contributed by atoms with Crippen molar-refractivity contribution in [3.8, 4) is 6.07 Å². The van der Waals surface area contributed by atoms with E-state index in [0.29, 0.717) is 23.3 Å². The van der Waals surface area contributed by atoms with Crippen molar-refractivity contribution in [2.45, 2.75) is 25.3 Å². The molecule has 0 heterocycles. The second-order valence-electron chi connectivity index (χ2n) is 6.24. The SMILES string of the molecule is CC1(C#N)C(=O)Cc2cc(C(=O)NCc3c(F)cc(F)cc3F)ccc21. The largest absolute Gasteiger partial charge is 0.348 e. The standard InChI is InChI=1S/C19H13F3N2O2/c1-19(9-23)14-3-2-10(4-11(14)5-17(19)25)18(26)24-8-13-15(21)6-12(20)7-16(13)22/h2-4,6-7H,5,8H2,1H3,(H,24,26). The molecule has 0 fully saturated rings. The molecule has 1 amide bonds. The van der Waals surface area contributed by atoms with Crippen molar-refractivity contribution >= 4 is 11.7 Å². The Morgan fingerprint density at radius 3 is 2.50 bits per heavy atom. The average Bonchev–Trinajstić information content (AvgIpc) is 2.84. The van der Waals surface area contributed by atoms with Crippen molar-refractivity contribution in [1.29, 1.82) is 5.26 Å². The van der Waals surface area contributed by atoms with E-state index in [0.717, 1.165) is 0 Å². The maximum absolute atomic E-state index is 13.6. The summed E-state index contributed by atoms with van der Waals surface area (Å²) in [6.45, 7) is 1.07. The molecule has 1 aliphatic rings. The van der Waals surface area contributed by atoms with E-state index < -0.39 is 40.9 Å². The van der Waals surface area contributed by atoms with Crippen LogP contribution in [0.4, 0.5) is 13.2 Å². The lowest BCUT2D eigenvalue weighted by atomic mass is 9.85. The Labute approximate surface area is 147 Å². The highest BCUT2D eigenvalue weighted by atomic mass is 19.1. The molecule has 132 valence electrons. The Morgan fingerprint density at radius 2 is 1.88 bits per heavy atom. The number of hydrogen-bond donors (Lipinski definition) is 1. The number of rotatable bonds is 3. The van der Waals surface area contributed by atoms with Crippen molar-refractivity contribution in [1.82, 2.24) is 5.32 Å². The van der Waals surface area contributed by atoms with Gasteiger partial charge in [-0.25, -0.2) is 13.2 Å². The van der Waals surface area contributed by atoms with Crippen molar-refractivity contribution in [2.24, 2.45) is 0 Å². The number of fused-ring (bicyclic) bond motifs is 1. The molecule has 0 radical (unpaired) electrons. The number of ketones is 1. The summed E-state index contributed by atoms with van der Waals surface area (Å²) in [5.41, 5.74) is -0.358. The molecule has 4 nitrogen and oxygen atoms in total. The van der Waals surface area contributed by atoms with Gasteiger partial charge in [0.05, 0.1) is 6.07 Å². The first-order valence-corrected chi connectivity index (χ1v) is 7.76. The molecule has 3 rings (SSSR count). The van der Waals surface area contributed by atoms with Crippen LogP contribution in [0.1, 0.15) is 34.0 Å². The van der Waals surface area contributed by atoms with Gasteiger partial charge in [-0.15, -0.1) is 0 Å². The van der Waals surface area contributed by atoms with Gasteiger partial charge in [0.25, 0.3) is 5.91 Å². The molecule has 1 atom stereocenters. The summed E-state index contributed by atoms with van der Waals surface area (Å²) in [5.74, 6) is -4.07. The predicted octanol–water partition coefficient (Wildman–Crippen LogP) is 2.94. The minimum atomic E-state index is -1.23. The lowest BCUT2D eigenvalue weighted by Gasteiger charge is -2.14. The van der Waals surface area contributed by atoms with E-state index in [9.17, 15) is 28.0 Å². The maximum Gasteiger partial charge on any atom is 0.251 e. The van der Waals surface area contributed by atoms with Crippen LogP contribution in [0.15, 0.2) is 30.3 Å². The quantitative estimate of drug-likeness (QED) is 0.917. The van der Waals surface area contributed by atoms with Crippen LogP contribution in [0.25, 0.3) is 0 Å². The number of nitrogens with one attached hydrogen (secondary N) is 1.